The van der Waals surface area contributed by atoms with Crippen molar-refractivity contribution in [1.82, 2.24) is 0 Å². The fraction of sp³-hybridized carbons (Fsp3) is 0.500. The van der Waals surface area contributed by atoms with E-state index in [1.54, 1.807) is 0 Å². The van der Waals surface area contributed by atoms with Crippen LogP contribution in [-0.2, 0) is 42.2 Å². The molecule has 0 unspecified atom stereocenters. The fourth-order valence-corrected chi connectivity index (χ4v) is 0.161. The Morgan fingerprint density at radius 1 is 1.75 bits per heavy atom. The van der Waals surface area contributed by atoms with Gasteiger partial charge in [-0.1, -0.05) is 0 Å². The fourth-order valence-electron chi connectivity index (χ4n) is 0.161. The van der Waals surface area contributed by atoms with Crippen molar-refractivity contribution in [3.05, 3.63) is 6.04 Å². The summed E-state index contributed by atoms with van der Waals surface area (Å²) in [7, 11) is 1.29. The van der Waals surface area contributed by atoms with Gasteiger partial charge in [0.2, 0.25) is 0 Å². The predicted molar refractivity (Wildman–Crippen MR) is 25.1 cm³/mol. The summed E-state index contributed by atoms with van der Waals surface area (Å²) < 4.78 is 4.21. The SMILES string of the molecule is COC(=O)[C-](C)N.[Y]. The summed E-state index contributed by atoms with van der Waals surface area (Å²) in [6.07, 6.45) is 0. The van der Waals surface area contributed by atoms with E-state index in [0.29, 0.717) is 0 Å². The van der Waals surface area contributed by atoms with E-state index >= 15 is 0 Å². The summed E-state index contributed by atoms with van der Waals surface area (Å²) in [5, 5.41) is 0. The van der Waals surface area contributed by atoms with Crippen LogP contribution >= 0.6 is 0 Å². The topological polar surface area (TPSA) is 52.3 Å². The summed E-state index contributed by atoms with van der Waals surface area (Å²) >= 11 is 0. The number of esters is 1. The van der Waals surface area contributed by atoms with Crippen LogP contribution in [0.15, 0.2) is 0 Å². The molecule has 45 valence electrons. The maximum absolute atomic E-state index is 10.1. The molecule has 0 aliphatic rings. The summed E-state index contributed by atoms with van der Waals surface area (Å²) in [6.45, 7) is 1.49. The average Bonchev–Trinajstić information content (AvgIpc) is 1.65. The van der Waals surface area contributed by atoms with E-state index in [-0.39, 0.29) is 38.8 Å². The second kappa shape index (κ2) is 5.54. The third kappa shape index (κ3) is 4.56. The molecule has 0 spiro atoms. The van der Waals surface area contributed by atoms with Gasteiger partial charge in [0, 0.05) is 32.7 Å². The van der Waals surface area contributed by atoms with Gasteiger partial charge in [0.05, 0.1) is 7.11 Å². The largest absolute Gasteiger partial charge is 0.490 e. The molecule has 0 aromatic carbocycles. The molecule has 0 saturated heterocycles. The minimum atomic E-state index is -0.458. The zero-order valence-corrected chi connectivity index (χ0v) is 7.81. The first kappa shape index (κ1) is 11.2. The second-order valence-corrected chi connectivity index (χ2v) is 1.17. The zero-order chi connectivity index (χ0) is 5.86. The first-order valence-corrected chi connectivity index (χ1v) is 1.86. The Kier molecular flexibility index (Phi) is 7.78. The van der Waals surface area contributed by atoms with Crippen molar-refractivity contribution in [1.29, 1.82) is 0 Å². The quantitative estimate of drug-likeness (QED) is 0.456. The Morgan fingerprint density at radius 2 is 2.12 bits per heavy atom. The number of hydrogen-bond donors (Lipinski definition) is 1. The molecule has 0 fully saturated rings. The van der Waals surface area contributed by atoms with Crippen LogP contribution in [-0.4, -0.2) is 13.1 Å². The maximum atomic E-state index is 10.1. The first-order valence-electron chi connectivity index (χ1n) is 1.86. The van der Waals surface area contributed by atoms with E-state index < -0.39 is 5.97 Å². The number of hydrogen-bond acceptors (Lipinski definition) is 3. The first-order chi connectivity index (χ1) is 3.18. The number of rotatable bonds is 1. The number of nitrogens with two attached hydrogens (primary N) is 1. The molecule has 2 N–H and O–H groups in total. The molecule has 0 aromatic heterocycles. The molecular weight excluding hydrogens is 183 g/mol. The molecule has 4 heteroatoms. The van der Waals surface area contributed by atoms with Crippen LogP contribution in [0.25, 0.3) is 0 Å². The van der Waals surface area contributed by atoms with Gasteiger partial charge in [-0.25, -0.2) is 6.04 Å². The van der Waals surface area contributed by atoms with E-state index in [1.165, 1.54) is 14.0 Å². The van der Waals surface area contributed by atoms with Crippen LogP contribution in [0.5, 0.6) is 0 Å². The molecule has 0 aliphatic carbocycles. The Hall–Kier alpha value is 0.404. The van der Waals surface area contributed by atoms with Crippen LogP contribution in [0.3, 0.4) is 0 Å². The predicted octanol–water partition coefficient (Wildman–Crippen LogP) is -0.333. The Bertz CT molecular complexity index is 74.4. The van der Waals surface area contributed by atoms with Crippen LogP contribution in [0.1, 0.15) is 6.92 Å². The molecule has 0 amide bonds. The molecule has 8 heavy (non-hydrogen) atoms. The molecule has 0 aliphatic heterocycles. The zero-order valence-electron chi connectivity index (χ0n) is 4.97. The number of carbonyl (C=O) groups is 1. The van der Waals surface area contributed by atoms with Gasteiger partial charge in [0.15, 0.2) is 5.97 Å². The number of methoxy groups -OCH3 is 1. The molecule has 0 atom stereocenters. The molecule has 0 rings (SSSR count). The normalized spacial score (nSPS) is 6.88. The second-order valence-electron chi connectivity index (χ2n) is 1.17. The van der Waals surface area contributed by atoms with Crippen LogP contribution in [0.4, 0.5) is 0 Å². The van der Waals surface area contributed by atoms with Crippen molar-refractivity contribution in [3.63, 3.8) is 0 Å². The molecule has 1 radical (unpaired) electrons. The van der Waals surface area contributed by atoms with Crippen molar-refractivity contribution >= 4 is 5.97 Å². The van der Waals surface area contributed by atoms with E-state index in [9.17, 15) is 4.79 Å². The van der Waals surface area contributed by atoms with Gasteiger partial charge in [-0.3, -0.25) is 4.79 Å². The van der Waals surface area contributed by atoms with Gasteiger partial charge in [-0.2, -0.15) is 6.92 Å². The van der Waals surface area contributed by atoms with Crippen molar-refractivity contribution in [3.8, 4) is 0 Å². The summed E-state index contributed by atoms with van der Waals surface area (Å²) in [6, 6.07) is 0.183. The van der Waals surface area contributed by atoms with Crippen molar-refractivity contribution in [2.24, 2.45) is 5.73 Å². The number of carbonyl (C=O) groups excluding carboxylic acids is 1. The van der Waals surface area contributed by atoms with E-state index in [4.69, 9.17) is 5.73 Å². The average molecular weight is 191 g/mol. The Balaban J connectivity index is 0. The minimum absolute atomic E-state index is 0. The summed E-state index contributed by atoms with van der Waals surface area (Å²) in [5.74, 6) is -0.458. The minimum Gasteiger partial charge on any atom is -0.490 e. The Morgan fingerprint density at radius 3 is 2.12 bits per heavy atom. The smallest absolute Gasteiger partial charge is 0.181 e. The third-order valence-electron chi connectivity index (χ3n) is 0.507. The van der Waals surface area contributed by atoms with Crippen LogP contribution in [0, 0.1) is 6.04 Å². The van der Waals surface area contributed by atoms with Crippen molar-refractivity contribution < 1.29 is 42.2 Å². The van der Waals surface area contributed by atoms with Crippen LogP contribution in [0.2, 0.25) is 0 Å². The van der Waals surface area contributed by atoms with E-state index in [0.717, 1.165) is 0 Å². The summed E-state index contributed by atoms with van der Waals surface area (Å²) in [5.41, 5.74) is 4.99. The summed E-state index contributed by atoms with van der Waals surface area (Å²) in [4.78, 5) is 10.1. The van der Waals surface area contributed by atoms with E-state index in [1.807, 2.05) is 0 Å². The van der Waals surface area contributed by atoms with Gasteiger partial charge in [-0.05, 0) is 0 Å². The van der Waals surface area contributed by atoms with Gasteiger partial charge in [0.25, 0.3) is 0 Å². The molecule has 0 saturated carbocycles. The van der Waals surface area contributed by atoms with Crippen molar-refractivity contribution in [2.45, 2.75) is 6.92 Å². The molecular formula is C4H8NO2Y-. The van der Waals surface area contributed by atoms with Gasteiger partial charge in [-0.15, -0.1) is 0 Å². The molecule has 3 nitrogen and oxygen atoms in total. The van der Waals surface area contributed by atoms with Gasteiger partial charge in [0.1, 0.15) is 0 Å². The molecule has 0 aromatic rings. The third-order valence-corrected chi connectivity index (χ3v) is 0.507. The van der Waals surface area contributed by atoms with Crippen LogP contribution < -0.4 is 5.73 Å². The maximum Gasteiger partial charge on any atom is 0.181 e. The van der Waals surface area contributed by atoms with Gasteiger partial charge < -0.3 is 10.5 Å². The molecule has 0 bridgehead atoms. The van der Waals surface area contributed by atoms with Crippen molar-refractivity contribution in [2.75, 3.05) is 7.11 Å². The monoisotopic (exact) mass is 191 g/mol. The number of ether oxygens (including phenoxy) is 1. The Labute approximate surface area is 73.8 Å². The molecule has 0 heterocycles. The standard InChI is InChI=1S/C4H8NO2.Y/c1-3(5)4(6)7-2;/h5H2,1-2H3;/q-1;. The van der Waals surface area contributed by atoms with E-state index in [2.05, 4.69) is 4.74 Å². The van der Waals surface area contributed by atoms with Gasteiger partial charge >= 0.3 is 0 Å².